The molecule has 1 N–H and O–H groups in total. The van der Waals surface area contributed by atoms with E-state index in [1.807, 2.05) is 0 Å². The molecule has 1 heterocycles. The van der Waals surface area contributed by atoms with Crippen molar-refractivity contribution in [2.75, 3.05) is 13.1 Å². The van der Waals surface area contributed by atoms with Gasteiger partial charge in [-0.2, -0.15) is 0 Å². The van der Waals surface area contributed by atoms with Crippen molar-refractivity contribution >= 4 is 23.2 Å². The molecule has 0 radical (unpaired) electrons. The highest BCUT2D eigenvalue weighted by Crippen LogP contribution is 2.39. The van der Waals surface area contributed by atoms with Gasteiger partial charge in [-0.3, -0.25) is 4.90 Å². The summed E-state index contributed by atoms with van der Waals surface area (Å²) in [4.78, 5) is 2.38. The maximum absolute atomic E-state index is 10.0. The quantitative estimate of drug-likeness (QED) is 0.870. The third-order valence-electron chi connectivity index (χ3n) is 4.52. The van der Waals surface area contributed by atoms with Crippen LogP contribution in [0.1, 0.15) is 38.7 Å². The van der Waals surface area contributed by atoms with E-state index in [2.05, 4.69) is 18.7 Å². The number of likely N-dealkylation sites (tertiary alicyclic amines) is 1. The molecular formula is C15H21Cl2NO. The zero-order valence-corrected chi connectivity index (χ0v) is 13.1. The summed E-state index contributed by atoms with van der Waals surface area (Å²) in [6.07, 6.45) is 3.65. The summed E-state index contributed by atoms with van der Waals surface area (Å²) >= 11 is 12.0. The predicted molar refractivity (Wildman–Crippen MR) is 81.0 cm³/mol. The lowest BCUT2D eigenvalue weighted by molar-refractivity contribution is 0.234. The van der Waals surface area contributed by atoms with Crippen LogP contribution in [0.5, 0.6) is 5.75 Å². The number of rotatable bonds is 4. The molecule has 0 aromatic heterocycles. The summed E-state index contributed by atoms with van der Waals surface area (Å²) in [5.74, 6) is 0.163. The van der Waals surface area contributed by atoms with Crippen molar-refractivity contribution in [3.05, 3.63) is 27.7 Å². The van der Waals surface area contributed by atoms with Crippen LogP contribution in [-0.4, -0.2) is 23.1 Å². The number of phenols is 1. The van der Waals surface area contributed by atoms with E-state index in [4.69, 9.17) is 23.2 Å². The van der Waals surface area contributed by atoms with Crippen LogP contribution in [-0.2, 0) is 6.54 Å². The normalized spacial score (nSPS) is 18.9. The molecule has 1 aromatic carbocycles. The molecule has 0 aliphatic carbocycles. The summed E-state index contributed by atoms with van der Waals surface area (Å²) < 4.78 is 0. The van der Waals surface area contributed by atoms with Crippen molar-refractivity contribution in [1.82, 2.24) is 4.90 Å². The van der Waals surface area contributed by atoms with Crippen molar-refractivity contribution < 1.29 is 5.11 Å². The van der Waals surface area contributed by atoms with Crippen LogP contribution < -0.4 is 0 Å². The molecule has 1 aliphatic rings. The Morgan fingerprint density at radius 3 is 2.53 bits per heavy atom. The van der Waals surface area contributed by atoms with Crippen molar-refractivity contribution in [2.45, 2.75) is 39.7 Å². The molecule has 0 atom stereocenters. The SMILES string of the molecule is CCC1(CC)CCN(Cc2cc(Cl)cc(Cl)c2O)C1. The van der Waals surface area contributed by atoms with Crippen LogP contribution in [0.3, 0.4) is 0 Å². The maximum Gasteiger partial charge on any atom is 0.138 e. The standard InChI is InChI=1S/C15H21Cl2NO/c1-3-15(4-2)5-6-18(10-15)9-11-7-12(16)8-13(17)14(11)19/h7-8,19H,3-6,9-10H2,1-2H3. The topological polar surface area (TPSA) is 23.5 Å². The monoisotopic (exact) mass is 301 g/mol. The second-order valence-corrected chi connectivity index (χ2v) is 6.41. The molecule has 1 fully saturated rings. The lowest BCUT2D eigenvalue weighted by Crippen LogP contribution is -2.26. The minimum Gasteiger partial charge on any atom is -0.506 e. The van der Waals surface area contributed by atoms with E-state index in [0.29, 0.717) is 22.0 Å². The lowest BCUT2D eigenvalue weighted by atomic mass is 9.82. The second kappa shape index (κ2) is 5.90. The van der Waals surface area contributed by atoms with Gasteiger partial charge in [0.1, 0.15) is 5.75 Å². The number of benzene rings is 1. The molecule has 0 saturated carbocycles. The first kappa shape index (κ1) is 15.0. The van der Waals surface area contributed by atoms with Crippen LogP contribution in [0.2, 0.25) is 10.0 Å². The maximum atomic E-state index is 10.0. The van der Waals surface area contributed by atoms with E-state index in [-0.39, 0.29) is 5.75 Å². The highest BCUT2D eigenvalue weighted by Gasteiger charge is 2.34. The minimum atomic E-state index is 0.163. The van der Waals surface area contributed by atoms with E-state index in [1.54, 1.807) is 12.1 Å². The molecule has 1 aromatic rings. The van der Waals surface area contributed by atoms with E-state index < -0.39 is 0 Å². The number of hydrogen-bond donors (Lipinski definition) is 1. The van der Waals surface area contributed by atoms with Gasteiger partial charge in [0.2, 0.25) is 0 Å². The smallest absolute Gasteiger partial charge is 0.138 e. The van der Waals surface area contributed by atoms with E-state index in [9.17, 15) is 5.11 Å². The van der Waals surface area contributed by atoms with Gasteiger partial charge in [-0.1, -0.05) is 37.0 Å². The number of aromatic hydroxyl groups is 1. The van der Waals surface area contributed by atoms with Crippen molar-refractivity contribution in [1.29, 1.82) is 0 Å². The van der Waals surface area contributed by atoms with Crippen LogP contribution >= 0.6 is 23.2 Å². The summed E-state index contributed by atoms with van der Waals surface area (Å²) in [5.41, 5.74) is 1.26. The highest BCUT2D eigenvalue weighted by molar-refractivity contribution is 6.35. The average molecular weight is 302 g/mol. The van der Waals surface area contributed by atoms with Gasteiger partial charge in [-0.05, 0) is 43.4 Å². The van der Waals surface area contributed by atoms with Crippen LogP contribution in [0.25, 0.3) is 0 Å². The van der Waals surface area contributed by atoms with Crippen molar-refractivity contribution in [2.24, 2.45) is 5.41 Å². The Morgan fingerprint density at radius 2 is 1.95 bits per heavy atom. The molecule has 1 aliphatic heterocycles. The van der Waals surface area contributed by atoms with Gasteiger partial charge < -0.3 is 5.11 Å². The first-order valence-corrected chi connectivity index (χ1v) is 7.64. The van der Waals surface area contributed by atoms with Gasteiger partial charge in [0.25, 0.3) is 0 Å². The molecule has 19 heavy (non-hydrogen) atoms. The van der Waals surface area contributed by atoms with Crippen LogP contribution in [0.15, 0.2) is 12.1 Å². The summed E-state index contributed by atoms with van der Waals surface area (Å²) in [6, 6.07) is 3.38. The number of phenolic OH excluding ortho intramolecular Hbond substituents is 1. The highest BCUT2D eigenvalue weighted by atomic mass is 35.5. The average Bonchev–Trinajstić information content (AvgIpc) is 2.79. The molecular weight excluding hydrogens is 281 g/mol. The molecule has 2 nitrogen and oxygen atoms in total. The Hall–Kier alpha value is -0.440. The van der Waals surface area contributed by atoms with E-state index >= 15 is 0 Å². The fraction of sp³-hybridized carbons (Fsp3) is 0.600. The minimum absolute atomic E-state index is 0.163. The van der Waals surface area contributed by atoms with Crippen LogP contribution in [0.4, 0.5) is 0 Å². The largest absolute Gasteiger partial charge is 0.506 e. The zero-order valence-electron chi connectivity index (χ0n) is 11.5. The molecule has 1 saturated heterocycles. The Bertz CT molecular complexity index is 458. The lowest BCUT2D eigenvalue weighted by Gasteiger charge is -2.26. The van der Waals surface area contributed by atoms with Gasteiger partial charge in [-0.15, -0.1) is 0 Å². The van der Waals surface area contributed by atoms with Crippen molar-refractivity contribution in [3.8, 4) is 5.75 Å². The summed E-state index contributed by atoms with van der Waals surface area (Å²) in [6.45, 7) is 7.41. The van der Waals surface area contributed by atoms with Gasteiger partial charge >= 0.3 is 0 Å². The molecule has 0 unspecified atom stereocenters. The van der Waals surface area contributed by atoms with Gasteiger partial charge in [0.05, 0.1) is 5.02 Å². The predicted octanol–water partition coefficient (Wildman–Crippen LogP) is 4.71. The molecule has 0 bridgehead atoms. The molecule has 2 rings (SSSR count). The van der Waals surface area contributed by atoms with E-state index in [0.717, 1.165) is 18.7 Å². The van der Waals surface area contributed by atoms with E-state index in [1.165, 1.54) is 19.3 Å². The van der Waals surface area contributed by atoms with Gasteiger partial charge in [0, 0.05) is 23.7 Å². The molecule has 106 valence electrons. The fourth-order valence-corrected chi connectivity index (χ4v) is 3.51. The van der Waals surface area contributed by atoms with Gasteiger partial charge in [-0.25, -0.2) is 0 Å². The van der Waals surface area contributed by atoms with Gasteiger partial charge in [0.15, 0.2) is 0 Å². The number of nitrogens with zero attached hydrogens (tertiary/aromatic N) is 1. The number of hydrogen-bond acceptors (Lipinski definition) is 2. The Balaban J connectivity index is 2.11. The third-order valence-corrected chi connectivity index (χ3v) is 5.02. The fourth-order valence-electron chi connectivity index (χ4n) is 2.97. The third kappa shape index (κ3) is 3.18. The molecule has 0 amide bonds. The Morgan fingerprint density at radius 1 is 1.26 bits per heavy atom. The Labute approximate surface area is 125 Å². The Kier molecular flexibility index (Phi) is 4.65. The summed E-state index contributed by atoms with van der Waals surface area (Å²) in [5, 5.41) is 10.9. The zero-order chi connectivity index (χ0) is 14.0. The van der Waals surface area contributed by atoms with Crippen molar-refractivity contribution in [3.63, 3.8) is 0 Å². The first-order valence-electron chi connectivity index (χ1n) is 6.89. The first-order chi connectivity index (χ1) is 8.99. The molecule has 4 heteroatoms. The molecule has 0 spiro atoms. The second-order valence-electron chi connectivity index (χ2n) is 5.56. The summed E-state index contributed by atoms with van der Waals surface area (Å²) in [7, 11) is 0. The van der Waals surface area contributed by atoms with Crippen LogP contribution in [0, 0.1) is 5.41 Å². The number of halogens is 2.